The lowest BCUT2D eigenvalue weighted by Crippen LogP contribution is -2.44. The molecule has 0 N–H and O–H groups in total. The predicted octanol–water partition coefficient (Wildman–Crippen LogP) is 4.76. The van der Waals surface area contributed by atoms with Crippen LogP contribution in [0.1, 0.15) is 38.0 Å². The molecule has 0 radical (unpaired) electrons. The van der Waals surface area contributed by atoms with Crippen LogP contribution in [0.5, 0.6) is 0 Å². The number of amides is 2. The second-order valence-corrected chi connectivity index (χ2v) is 9.85. The summed E-state index contributed by atoms with van der Waals surface area (Å²) in [5.41, 5.74) is 4.55. The molecule has 0 unspecified atom stereocenters. The van der Waals surface area contributed by atoms with Gasteiger partial charge in [-0.15, -0.1) is 11.3 Å². The second kappa shape index (κ2) is 7.25. The number of ketones is 1. The minimum atomic E-state index is -0.729. The smallest absolute Gasteiger partial charge is 0.240 e. The van der Waals surface area contributed by atoms with E-state index in [0.717, 1.165) is 22.3 Å². The molecule has 2 aromatic carbocycles. The van der Waals surface area contributed by atoms with Crippen molar-refractivity contribution in [3.8, 4) is 0 Å². The molecular weight excluding hydrogens is 432 g/mol. The fourth-order valence-corrected chi connectivity index (χ4v) is 6.33. The number of hydrogen-bond donors (Lipinski definition) is 0. The molecule has 3 aliphatic heterocycles. The Morgan fingerprint density at radius 3 is 2.48 bits per heavy atom. The second-order valence-electron chi connectivity index (χ2n) is 8.91. The van der Waals surface area contributed by atoms with E-state index in [1.54, 1.807) is 6.07 Å². The highest BCUT2D eigenvalue weighted by Crippen LogP contribution is 2.54. The van der Waals surface area contributed by atoms with Gasteiger partial charge < -0.3 is 4.90 Å². The SMILES string of the molecule is Cc1cccc(N2C(=O)[C@@H]3[C@H](C2=O)[C@@H]2c4ccccc4C=CN2[C@H]3C(=O)c2cccs2)c1C. The molecule has 0 bridgehead atoms. The summed E-state index contributed by atoms with van der Waals surface area (Å²) in [6.45, 7) is 3.90. The zero-order chi connectivity index (χ0) is 22.9. The largest absolute Gasteiger partial charge is 0.358 e. The number of thiophene rings is 1. The van der Waals surface area contributed by atoms with Gasteiger partial charge in [0.05, 0.1) is 28.4 Å². The molecule has 164 valence electrons. The minimum Gasteiger partial charge on any atom is -0.358 e. The van der Waals surface area contributed by atoms with Crippen molar-refractivity contribution in [3.63, 3.8) is 0 Å². The third-order valence-corrected chi connectivity index (χ3v) is 8.20. The molecule has 3 aliphatic rings. The summed E-state index contributed by atoms with van der Waals surface area (Å²) in [4.78, 5) is 45.4. The zero-order valence-electron chi connectivity index (χ0n) is 18.3. The first-order valence-corrected chi connectivity index (χ1v) is 11.9. The Labute approximate surface area is 195 Å². The maximum absolute atomic E-state index is 13.9. The van der Waals surface area contributed by atoms with Crippen LogP contribution in [0.2, 0.25) is 0 Å². The highest BCUT2D eigenvalue weighted by atomic mass is 32.1. The van der Waals surface area contributed by atoms with Crippen molar-refractivity contribution in [2.24, 2.45) is 11.8 Å². The van der Waals surface area contributed by atoms with Crippen LogP contribution >= 0.6 is 11.3 Å². The van der Waals surface area contributed by atoms with Crippen molar-refractivity contribution in [2.75, 3.05) is 4.90 Å². The first-order valence-electron chi connectivity index (χ1n) is 11.1. The summed E-state index contributed by atoms with van der Waals surface area (Å²) in [6, 6.07) is 16.2. The van der Waals surface area contributed by atoms with E-state index < -0.39 is 17.9 Å². The Morgan fingerprint density at radius 2 is 1.70 bits per heavy atom. The van der Waals surface area contributed by atoms with Crippen molar-refractivity contribution < 1.29 is 14.4 Å². The number of fused-ring (bicyclic) bond motifs is 5. The third kappa shape index (κ3) is 2.74. The molecule has 2 saturated heterocycles. The minimum absolute atomic E-state index is 0.101. The van der Waals surface area contributed by atoms with Gasteiger partial charge in [0, 0.05) is 6.20 Å². The van der Waals surface area contributed by atoms with Gasteiger partial charge in [0.15, 0.2) is 5.78 Å². The third-order valence-electron chi connectivity index (χ3n) is 7.31. The normalized spacial score (nSPS) is 25.3. The molecule has 4 heterocycles. The fourth-order valence-electron chi connectivity index (χ4n) is 5.64. The zero-order valence-corrected chi connectivity index (χ0v) is 19.1. The number of carbonyl (C=O) groups excluding carboxylic acids is 3. The van der Waals surface area contributed by atoms with Crippen molar-refractivity contribution in [1.29, 1.82) is 0 Å². The highest BCUT2D eigenvalue weighted by molar-refractivity contribution is 7.12. The van der Waals surface area contributed by atoms with Crippen molar-refractivity contribution in [2.45, 2.75) is 25.9 Å². The molecule has 2 amide bonds. The number of carbonyl (C=O) groups is 3. The maximum atomic E-state index is 13.9. The summed E-state index contributed by atoms with van der Waals surface area (Å²) in [5.74, 6) is -1.95. The molecule has 5 nitrogen and oxygen atoms in total. The van der Waals surface area contributed by atoms with Crippen LogP contribution in [0.25, 0.3) is 6.08 Å². The van der Waals surface area contributed by atoms with Crippen molar-refractivity contribution in [3.05, 3.63) is 93.3 Å². The summed E-state index contributed by atoms with van der Waals surface area (Å²) in [6.07, 6.45) is 3.86. The Kier molecular flexibility index (Phi) is 4.42. The number of rotatable bonds is 3. The van der Waals surface area contributed by atoms with Gasteiger partial charge in [0.2, 0.25) is 11.8 Å². The van der Waals surface area contributed by atoms with E-state index in [0.29, 0.717) is 10.6 Å². The molecule has 0 saturated carbocycles. The summed E-state index contributed by atoms with van der Waals surface area (Å²) >= 11 is 1.37. The molecule has 0 spiro atoms. The van der Waals surface area contributed by atoms with E-state index in [-0.39, 0.29) is 23.6 Å². The van der Waals surface area contributed by atoms with Crippen LogP contribution in [0, 0.1) is 25.7 Å². The maximum Gasteiger partial charge on any atom is 0.240 e. The van der Waals surface area contributed by atoms with Crippen LogP contribution in [-0.4, -0.2) is 28.5 Å². The highest BCUT2D eigenvalue weighted by Gasteiger charge is 2.64. The fraction of sp³-hybridized carbons (Fsp3) is 0.222. The summed E-state index contributed by atoms with van der Waals surface area (Å²) < 4.78 is 0. The van der Waals surface area contributed by atoms with Gasteiger partial charge in [-0.2, -0.15) is 0 Å². The molecule has 33 heavy (non-hydrogen) atoms. The van der Waals surface area contributed by atoms with Crippen LogP contribution < -0.4 is 4.90 Å². The standard InChI is InChI=1S/C27H22N2O3S/c1-15-7-5-10-19(16(15)2)29-26(31)21-22(27(29)32)24(25(30)20-11-6-14-33-20)28-13-12-17-8-3-4-9-18(17)23(21)28/h3-14,21-24H,1-2H3/t21-,22+,23-,24+/m0/s1. The van der Waals surface area contributed by atoms with Crippen LogP contribution in [0.3, 0.4) is 0 Å². The number of benzene rings is 2. The van der Waals surface area contributed by atoms with Crippen molar-refractivity contribution in [1.82, 2.24) is 4.90 Å². The topological polar surface area (TPSA) is 57.7 Å². The van der Waals surface area contributed by atoms with Crippen LogP contribution in [0.4, 0.5) is 5.69 Å². The first-order chi connectivity index (χ1) is 16.0. The average molecular weight is 455 g/mol. The molecule has 6 heteroatoms. The van der Waals surface area contributed by atoms with E-state index in [9.17, 15) is 14.4 Å². The lowest BCUT2D eigenvalue weighted by Gasteiger charge is -2.35. The van der Waals surface area contributed by atoms with Crippen molar-refractivity contribution >= 4 is 40.7 Å². The van der Waals surface area contributed by atoms with E-state index in [4.69, 9.17) is 0 Å². The monoisotopic (exact) mass is 454 g/mol. The molecule has 0 aliphatic carbocycles. The van der Waals surface area contributed by atoms with Gasteiger partial charge in [-0.1, -0.05) is 42.5 Å². The lowest BCUT2D eigenvalue weighted by molar-refractivity contribution is -0.123. The molecule has 3 aromatic rings. The van der Waals surface area contributed by atoms with E-state index in [1.165, 1.54) is 16.2 Å². The van der Waals surface area contributed by atoms with Gasteiger partial charge in [-0.3, -0.25) is 14.4 Å². The Balaban J connectivity index is 1.52. The number of anilines is 1. The van der Waals surface area contributed by atoms with E-state index in [2.05, 4.69) is 0 Å². The average Bonchev–Trinajstić information content (AvgIpc) is 3.52. The van der Waals surface area contributed by atoms with Gasteiger partial charge in [0.25, 0.3) is 0 Å². The van der Waals surface area contributed by atoms with Crippen LogP contribution in [0.15, 0.2) is 66.2 Å². The molecule has 1 aromatic heterocycles. The first kappa shape index (κ1) is 20.1. The quantitative estimate of drug-likeness (QED) is 0.423. The Hall–Kier alpha value is -3.51. The molecule has 2 fully saturated rings. The molecule has 6 rings (SSSR count). The summed E-state index contributed by atoms with van der Waals surface area (Å²) in [5, 5.41) is 1.86. The van der Waals surface area contributed by atoms with E-state index in [1.807, 2.05) is 84.9 Å². The number of Topliss-reactive ketones (excluding diaryl/α,β-unsaturated/α-hetero) is 1. The van der Waals surface area contributed by atoms with E-state index >= 15 is 0 Å². The predicted molar refractivity (Wildman–Crippen MR) is 128 cm³/mol. The van der Waals surface area contributed by atoms with Gasteiger partial charge in [-0.05, 0) is 59.7 Å². The summed E-state index contributed by atoms with van der Waals surface area (Å²) in [7, 11) is 0. The number of hydrogen-bond acceptors (Lipinski definition) is 5. The van der Waals surface area contributed by atoms with Gasteiger partial charge >= 0.3 is 0 Å². The van der Waals surface area contributed by atoms with Crippen LogP contribution in [-0.2, 0) is 9.59 Å². The number of aryl methyl sites for hydroxylation is 1. The number of nitrogens with zero attached hydrogens (tertiary/aromatic N) is 2. The Morgan fingerprint density at radius 1 is 0.909 bits per heavy atom. The molecular formula is C27H22N2O3S. The van der Waals surface area contributed by atoms with Gasteiger partial charge in [-0.25, -0.2) is 4.90 Å². The number of imide groups is 1. The molecule has 4 atom stereocenters. The lowest BCUT2D eigenvalue weighted by atomic mass is 9.84. The Bertz CT molecular complexity index is 1340. The van der Waals surface area contributed by atoms with Gasteiger partial charge in [0.1, 0.15) is 6.04 Å².